The number of hydrogen-bond donors (Lipinski definition) is 3. The number of rotatable bonds is 3. The van der Waals surface area contributed by atoms with Crippen molar-refractivity contribution >= 4 is 5.97 Å². The molecule has 4 nitrogen and oxygen atoms in total. The molecule has 0 radical (unpaired) electrons. The standard InChI is InChI=1S/C9H14FNO3/c10-9(14)3-1-6(2-4-9)5-7(11)8(12)13/h1,3,6-7,14H,2,4-5,11H2,(H,12,13). The Morgan fingerprint density at radius 1 is 1.79 bits per heavy atom. The fraction of sp³-hybridized carbons (Fsp3) is 0.667. The number of halogens is 1. The second-order valence-electron chi connectivity index (χ2n) is 3.66. The number of aliphatic carboxylic acids is 1. The average Bonchev–Trinajstić information content (AvgIpc) is 2.08. The summed E-state index contributed by atoms with van der Waals surface area (Å²) in [6.45, 7) is 0. The van der Waals surface area contributed by atoms with E-state index in [4.69, 9.17) is 15.9 Å². The maximum Gasteiger partial charge on any atom is 0.320 e. The van der Waals surface area contributed by atoms with Crippen molar-refractivity contribution in [2.24, 2.45) is 11.7 Å². The van der Waals surface area contributed by atoms with Gasteiger partial charge in [0, 0.05) is 6.42 Å². The molecule has 0 fully saturated rings. The monoisotopic (exact) mass is 203 g/mol. The van der Waals surface area contributed by atoms with Crippen LogP contribution in [-0.2, 0) is 4.79 Å². The lowest BCUT2D eigenvalue weighted by molar-refractivity contribution is -0.138. The molecule has 0 bridgehead atoms. The maximum absolute atomic E-state index is 12.9. The molecule has 80 valence electrons. The van der Waals surface area contributed by atoms with E-state index in [1.54, 1.807) is 0 Å². The molecule has 1 aliphatic rings. The summed E-state index contributed by atoms with van der Waals surface area (Å²) in [4.78, 5) is 10.4. The molecular formula is C9H14FNO3. The lowest BCUT2D eigenvalue weighted by Gasteiger charge is -2.24. The highest BCUT2D eigenvalue weighted by Crippen LogP contribution is 2.28. The topological polar surface area (TPSA) is 83.5 Å². The molecule has 5 heteroatoms. The summed E-state index contributed by atoms with van der Waals surface area (Å²) in [5.41, 5.74) is 5.33. The summed E-state index contributed by atoms with van der Waals surface area (Å²) < 4.78 is 12.9. The van der Waals surface area contributed by atoms with E-state index in [9.17, 15) is 9.18 Å². The molecule has 0 saturated carbocycles. The number of allylic oxidation sites excluding steroid dienone is 1. The molecule has 0 spiro atoms. The van der Waals surface area contributed by atoms with Gasteiger partial charge in [-0.1, -0.05) is 6.08 Å². The molecule has 0 saturated heterocycles. The molecule has 0 aromatic heterocycles. The number of carbonyl (C=O) groups is 1. The number of nitrogens with two attached hydrogens (primary N) is 1. The lowest BCUT2D eigenvalue weighted by Crippen LogP contribution is -2.33. The van der Waals surface area contributed by atoms with Crippen molar-refractivity contribution < 1.29 is 19.4 Å². The van der Waals surface area contributed by atoms with Gasteiger partial charge in [0.05, 0.1) is 0 Å². The molecule has 3 atom stereocenters. The van der Waals surface area contributed by atoms with Crippen molar-refractivity contribution in [1.82, 2.24) is 0 Å². The summed E-state index contributed by atoms with van der Waals surface area (Å²) in [6, 6.07) is -0.921. The number of hydrogen-bond acceptors (Lipinski definition) is 3. The second-order valence-corrected chi connectivity index (χ2v) is 3.66. The number of alkyl halides is 1. The van der Waals surface area contributed by atoms with Crippen LogP contribution in [0.3, 0.4) is 0 Å². The number of aliphatic hydroxyl groups is 1. The highest BCUT2D eigenvalue weighted by molar-refractivity contribution is 5.73. The summed E-state index contributed by atoms with van der Waals surface area (Å²) in [6.07, 6.45) is 3.26. The average molecular weight is 203 g/mol. The van der Waals surface area contributed by atoms with Crippen LogP contribution in [0.2, 0.25) is 0 Å². The first-order chi connectivity index (χ1) is 6.41. The zero-order valence-corrected chi connectivity index (χ0v) is 7.69. The molecule has 0 aromatic rings. The van der Waals surface area contributed by atoms with Crippen LogP contribution in [0.15, 0.2) is 12.2 Å². The van der Waals surface area contributed by atoms with Crippen molar-refractivity contribution in [2.45, 2.75) is 31.2 Å². The summed E-state index contributed by atoms with van der Waals surface area (Å²) >= 11 is 0. The van der Waals surface area contributed by atoms with Gasteiger partial charge in [-0.15, -0.1) is 0 Å². The van der Waals surface area contributed by atoms with Gasteiger partial charge >= 0.3 is 5.97 Å². The fourth-order valence-corrected chi connectivity index (χ4v) is 1.47. The van der Waals surface area contributed by atoms with Gasteiger partial charge in [0.2, 0.25) is 5.85 Å². The fourth-order valence-electron chi connectivity index (χ4n) is 1.47. The first-order valence-electron chi connectivity index (χ1n) is 4.50. The molecule has 0 amide bonds. The Balaban J connectivity index is 2.46. The van der Waals surface area contributed by atoms with Crippen molar-refractivity contribution in [3.8, 4) is 0 Å². The summed E-state index contributed by atoms with van der Waals surface area (Å²) in [7, 11) is 0. The van der Waals surface area contributed by atoms with Gasteiger partial charge < -0.3 is 15.9 Å². The van der Waals surface area contributed by atoms with Crippen molar-refractivity contribution in [2.75, 3.05) is 0 Å². The molecule has 0 heterocycles. The molecular weight excluding hydrogens is 189 g/mol. The van der Waals surface area contributed by atoms with E-state index in [1.165, 1.54) is 6.08 Å². The smallest absolute Gasteiger partial charge is 0.320 e. The Hall–Kier alpha value is -0.940. The van der Waals surface area contributed by atoms with E-state index in [2.05, 4.69) is 0 Å². The summed E-state index contributed by atoms with van der Waals surface area (Å²) in [5, 5.41) is 17.5. The Labute approximate surface area is 81.2 Å². The van der Waals surface area contributed by atoms with Gasteiger partial charge in [0.15, 0.2) is 0 Å². The van der Waals surface area contributed by atoms with Gasteiger partial charge in [-0.2, -0.15) is 0 Å². The van der Waals surface area contributed by atoms with Crippen LogP contribution >= 0.6 is 0 Å². The summed E-state index contributed by atoms with van der Waals surface area (Å²) in [5.74, 6) is -3.35. The third-order valence-corrected chi connectivity index (χ3v) is 2.36. The van der Waals surface area contributed by atoms with E-state index in [1.807, 2.05) is 0 Å². The Kier molecular flexibility index (Phi) is 3.23. The molecule has 0 aromatic carbocycles. The Morgan fingerprint density at radius 2 is 2.43 bits per heavy atom. The second kappa shape index (κ2) is 4.06. The molecule has 3 unspecified atom stereocenters. The van der Waals surface area contributed by atoms with Crippen LogP contribution in [0.25, 0.3) is 0 Å². The van der Waals surface area contributed by atoms with Gasteiger partial charge in [-0.3, -0.25) is 4.79 Å². The quantitative estimate of drug-likeness (QED) is 0.580. The third-order valence-electron chi connectivity index (χ3n) is 2.36. The van der Waals surface area contributed by atoms with E-state index >= 15 is 0 Å². The van der Waals surface area contributed by atoms with Gasteiger partial charge in [-0.05, 0) is 24.8 Å². The Morgan fingerprint density at radius 3 is 2.86 bits per heavy atom. The first-order valence-corrected chi connectivity index (χ1v) is 4.50. The van der Waals surface area contributed by atoms with E-state index in [0.29, 0.717) is 6.42 Å². The van der Waals surface area contributed by atoms with Crippen molar-refractivity contribution in [1.29, 1.82) is 0 Å². The zero-order valence-electron chi connectivity index (χ0n) is 7.69. The van der Waals surface area contributed by atoms with Crippen LogP contribution in [0.5, 0.6) is 0 Å². The van der Waals surface area contributed by atoms with Gasteiger partial charge in [0.1, 0.15) is 6.04 Å². The van der Waals surface area contributed by atoms with E-state index in [-0.39, 0.29) is 18.8 Å². The molecule has 1 aliphatic carbocycles. The third kappa shape index (κ3) is 3.08. The van der Waals surface area contributed by atoms with Crippen LogP contribution in [0, 0.1) is 5.92 Å². The van der Waals surface area contributed by atoms with E-state index in [0.717, 1.165) is 6.08 Å². The van der Waals surface area contributed by atoms with Crippen LogP contribution in [0.1, 0.15) is 19.3 Å². The predicted octanol–water partition coefficient (Wildman–Crippen LogP) is 0.413. The maximum atomic E-state index is 12.9. The van der Waals surface area contributed by atoms with Crippen molar-refractivity contribution in [3.63, 3.8) is 0 Å². The SMILES string of the molecule is NC(CC1C=CC(O)(F)CC1)C(=O)O. The normalized spacial score (nSPS) is 34.1. The van der Waals surface area contributed by atoms with Gasteiger partial charge in [0.25, 0.3) is 0 Å². The lowest BCUT2D eigenvalue weighted by atomic mass is 9.88. The van der Waals surface area contributed by atoms with Gasteiger partial charge in [-0.25, -0.2) is 4.39 Å². The van der Waals surface area contributed by atoms with Crippen LogP contribution in [0.4, 0.5) is 4.39 Å². The molecule has 1 rings (SSSR count). The number of carboxylic acid groups (broad SMARTS) is 1. The molecule has 0 aliphatic heterocycles. The molecule has 14 heavy (non-hydrogen) atoms. The molecule has 4 N–H and O–H groups in total. The van der Waals surface area contributed by atoms with E-state index < -0.39 is 17.9 Å². The Bertz CT molecular complexity index is 252. The zero-order chi connectivity index (χ0) is 10.8. The van der Waals surface area contributed by atoms with Crippen molar-refractivity contribution in [3.05, 3.63) is 12.2 Å². The van der Waals surface area contributed by atoms with Crippen LogP contribution < -0.4 is 5.73 Å². The van der Waals surface area contributed by atoms with Crippen LogP contribution in [-0.4, -0.2) is 28.1 Å². The minimum absolute atomic E-state index is 0.000502. The highest BCUT2D eigenvalue weighted by atomic mass is 19.2. The first kappa shape index (κ1) is 11.1. The number of carboxylic acids is 1. The largest absolute Gasteiger partial charge is 0.480 e. The minimum atomic E-state index is -2.23. The highest BCUT2D eigenvalue weighted by Gasteiger charge is 2.29. The minimum Gasteiger partial charge on any atom is -0.480 e. The predicted molar refractivity (Wildman–Crippen MR) is 48.2 cm³/mol.